The topological polar surface area (TPSA) is 114 Å². The van der Waals surface area contributed by atoms with Gasteiger partial charge in [0.05, 0.1) is 0 Å². The van der Waals surface area contributed by atoms with Gasteiger partial charge in [-0.25, -0.2) is 0 Å². The maximum atomic E-state index is 11.5. The first-order valence-corrected chi connectivity index (χ1v) is 6.50. The summed E-state index contributed by atoms with van der Waals surface area (Å²) in [5, 5.41) is 8.67. The van der Waals surface area contributed by atoms with Crippen molar-refractivity contribution in [3.05, 3.63) is 5.82 Å². The molecule has 4 N–H and O–H groups in total. The molecule has 2 atom stereocenters. The third-order valence-electron chi connectivity index (χ3n) is 1.93. The van der Waals surface area contributed by atoms with Crippen LogP contribution in [-0.4, -0.2) is 43.3 Å². The van der Waals surface area contributed by atoms with E-state index in [1.54, 1.807) is 6.26 Å². The molecule has 1 aromatic heterocycles. The third-order valence-corrected chi connectivity index (χ3v) is 2.74. The average molecular weight is 245 g/mol. The van der Waals surface area contributed by atoms with Crippen LogP contribution in [0.5, 0.6) is 0 Å². The lowest BCUT2D eigenvalue weighted by Gasteiger charge is -2.11. The van der Waals surface area contributed by atoms with Gasteiger partial charge in [-0.15, -0.1) is 5.10 Å². The van der Waals surface area contributed by atoms with Crippen LogP contribution in [0.1, 0.15) is 24.0 Å². The standard InChI is InChI=1S/C8H15N5O2S/c1-5(3-4-16(2)15)10-7(14)6-11-8(9)13-12-6/h5H,3-4H2,1-2H3,(H,10,14)(H3,9,11,12,13). The van der Waals surface area contributed by atoms with Crippen LogP contribution < -0.4 is 11.1 Å². The summed E-state index contributed by atoms with van der Waals surface area (Å²) < 4.78 is 10.9. The number of nitrogens with zero attached hydrogens (tertiary/aromatic N) is 2. The van der Waals surface area contributed by atoms with Gasteiger partial charge < -0.3 is 11.1 Å². The first-order chi connectivity index (χ1) is 7.49. The van der Waals surface area contributed by atoms with Gasteiger partial charge >= 0.3 is 0 Å². The highest BCUT2D eigenvalue weighted by Crippen LogP contribution is 1.97. The summed E-state index contributed by atoms with van der Waals surface area (Å²) in [6, 6.07) is -0.0669. The zero-order valence-electron chi connectivity index (χ0n) is 9.19. The van der Waals surface area contributed by atoms with E-state index in [2.05, 4.69) is 20.5 Å². The molecule has 0 aliphatic rings. The van der Waals surface area contributed by atoms with Crippen LogP contribution in [-0.2, 0) is 10.8 Å². The quantitative estimate of drug-likeness (QED) is 0.633. The molecule has 1 rings (SSSR count). The average Bonchev–Trinajstić information content (AvgIpc) is 2.62. The van der Waals surface area contributed by atoms with Gasteiger partial charge in [-0.3, -0.25) is 14.1 Å². The number of carbonyl (C=O) groups is 1. The molecule has 1 aromatic rings. The number of aromatic nitrogens is 3. The normalized spacial score (nSPS) is 14.4. The van der Waals surface area contributed by atoms with Crippen LogP contribution in [0, 0.1) is 0 Å². The minimum absolute atomic E-state index is 0.0347. The second-order valence-electron chi connectivity index (χ2n) is 3.48. The van der Waals surface area contributed by atoms with Gasteiger partial charge in [-0.05, 0) is 13.3 Å². The molecule has 0 saturated heterocycles. The molecule has 90 valence electrons. The smallest absolute Gasteiger partial charge is 0.288 e. The van der Waals surface area contributed by atoms with Gasteiger partial charge in [0.25, 0.3) is 5.91 Å². The van der Waals surface area contributed by atoms with Crippen molar-refractivity contribution in [1.82, 2.24) is 20.5 Å². The number of H-pyrrole nitrogens is 1. The summed E-state index contributed by atoms with van der Waals surface area (Å²) in [5.41, 5.74) is 5.27. The highest BCUT2D eigenvalue weighted by molar-refractivity contribution is 7.84. The molecule has 0 spiro atoms. The molecule has 0 aromatic carbocycles. The molecule has 16 heavy (non-hydrogen) atoms. The summed E-state index contributed by atoms with van der Waals surface area (Å²) >= 11 is 0. The molecule has 8 heteroatoms. The zero-order valence-corrected chi connectivity index (χ0v) is 10.0. The molecule has 1 amide bonds. The highest BCUT2D eigenvalue weighted by atomic mass is 32.2. The number of nitrogen functional groups attached to an aromatic ring is 1. The van der Waals surface area contributed by atoms with Crippen molar-refractivity contribution >= 4 is 22.7 Å². The van der Waals surface area contributed by atoms with Crippen LogP contribution >= 0.6 is 0 Å². The molecule has 0 saturated carbocycles. The van der Waals surface area contributed by atoms with Crippen molar-refractivity contribution in [3.63, 3.8) is 0 Å². The molecular weight excluding hydrogens is 230 g/mol. The SMILES string of the molecule is CC(CCS(C)=O)NC(=O)c1nc(N)n[nH]1. The minimum atomic E-state index is -0.848. The summed E-state index contributed by atoms with van der Waals surface area (Å²) in [6.07, 6.45) is 2.28. The van der Waals surface area contributed by atoms with Crippen molar-refractivity contribution in [2.24, 2.45) is 0 Å². The predicted octanol–water partition coefficient (Wildman–Crippen LogP) is -0.726. The Morgan fingerprint density at radius 1 is 1.69 bits per heavy atom. The molecule has 7 nitrogen and oxygen atoms in total. The lowest BCUT2D eigenvalue weighted by Crippen LogP contribution is -2.34. The van der Waals surface area contributed by atoms with E-state index in [-0.39, 0.29) is 23.7 Å². The zero-order chi connectivity index (χ0) is 12.1. The number of nitrogens with two attached hydrogens (primary N) is 1. The largest absolute Gasteiger partial charge is 0.366 e. The Hall–Kier alpha value is -1.44. The number of nitrogens with one attached hydrogen (secondary N) is 2. The number of carbonyl (C=O) groups excluding carboxylic acids is 1. The lowest BCUT2D eigenvalue weighted by molar-refractivity contribution is 0.0929. The van der Waals surface area contributed by atoms with Crippen molar-refractivity contribution < 1.29 is 9.00 Å². The van der Waals surface area contributed by atoms with E-state index in [4.69, 9.17) is 5.73 Å². The molecule has 0 aliphatic carbocycles. The molecule has 2 unspecified atom stereocenters. The molecule has 0 radical (unpaired) electrons. The van der Waals surface area contributed by atoms with Gasteiger partial charge in [-0.2, -0.15) is 4.98 Å². The monoisotopic (exact) mass is 245 g/mol. The van der Waals surface area contributed by atoms with Crippen LogP contribution in [0.2, 0.25) is 0 Å². The van der Waals surface area contributed by atoms with Crippen LogP contribution in [0.15, 0.2) is 0 Å². The van der Waals surface area contributed by atoms with Gasteiger partial charge in [0.1, 0.15) is 0 Å². The van der Waals surface area contributed by atoms with Gasteiger partial charge in [0.2, 0.25) is 11.8 Å². The molecular formula is C8H15N5O2S. The number of hydrogen-bond donors (Lipinski definition) is 3. The summed E-state index contributed by atoms with van der Waals surface area (Å²) in [5.74, 6) is 0.313. The Labute approximate surface area is 95.7 Å². The van der Waals surface area contributed by atoms with Crippen molar-refractivity contribution in [2.45, 2.75) is 19.4 Å². The van der Waals surface area contributed by atoms with E-state index < -0.39 is 10.8 Å². The Morgan fingerprint density at radius 3 is 2.88 bits per heavy atom. The van der Waals surface area contributed by atoms with Crippen LogP contribution in [0.25, 0.3) is 0 Å². The number of rotatable bonds is 5. The summed E-state index contributed by atoms with van der Waals surface area (Å²) in [4.78, 5) is 15.2. The van der Waals surface area contributed by atoms with Crippen LogP contribution in [0.3, 0.4) is 0 Å². The second kappa shape index (κ2) is 5.59. The van der Waals surface area contributed by atoms with Gasteiger partial charge in [0.15, 0.2) is 0 Å². The highest BCUT2D eigenvalue weighted by Gasteiger charge is 2.13. The van der Waals surface area contributed by atoms with Crippen molar-refractivity contribution in [2.75, 3.05) is 17.7 Å². The van der Waals surface area contributed by atoms with E-state index in [1.807, 2.05) is 6.92 Å². The Bertz CT molecular complexity index is 392. The minimum Gasteiger partial charge on any atom is -0.366 e. The Balaban J connectivity index is 2.42. The number of anilines is 1. The molecule has 0 bridgehead atoms. The van der Waals surface area contributed by atoms with E-state index in [0.29, 0.717) is 12.2 Å². The van der Waals surface area contributed by atoms with E-state index >= 15 is 0 Å². The predicted molar refractivity (Wildman–Crippen MR) is 61.3 cm³/mol. The van der Waals surface area contributed by atoms with Crippen molar-refractivity contribution in [1.29, 1.82) is 0 Å². The van der Waals surface area contributed by atoms with E-state index in [1.165, 1.54) is 0 Å². The van der Waals surface area contributed by atoms with Gasteiger partial charge in [0, 0.05) is 28.9 Å². The molecule has 1 heterocycles. The maximum Gasteiger partial charge on any atom is 0.288 e. The van der Waals surface area contributed by atoms with Gasteiger partial charge in [-0.1, -0.05) is 0 Å². The summed E-state index contributed by atoms with van der Waals surface area (Å²) in [7, 11) is -0.848. The molecule has 0 fully saturated rings. The lowest BCUT2D eigenvalue weighted by atomic mass is 10.2. The van der Waals surface area contributed by atoms with E-state index in [0.717, 1.165) is 0 Å². The Kier molecular flexibility index (Phi) is 4.41. The number of hydrogen-bond acceptors (Lipinski definition) is 5. The first-order valence-electron chi connectivity index (χ1n) is 4.78. The van der Waals surface area contributed by atoms with E-state index in [9.17, 15) is 9.00 Å². The first kappa shape index (κ1) is 12.6. The maximum absolute atomic E-state index is 11.5. The summed E-state index contributed by atoms with van der Waals surface area (Å²) in [6.45, 7) is 1.84. The fraction of sp³-hybridized carbons (Fsp3) is 0.625. The number of aromatic amines is 1. The fourth-order valence-corrected chi connectivity index (χ4v) is 1.77. The molecule has 0 aliphatic heterocycles. The second-order valence-corrected chi connectivity index (χ2v) is 5.04. The third kappa shape index (κ3) is 3.97. The fourth-order valence-electron chi connectivity index (χ4n) is 1.08. The number of amides is 1. The Morgan fingerprint density at radius 2 is 2.38 bits per heavy atom. The van der Waals surface area contributed by atoms with Crippen LogP contribution in [0.4, 0.5) is 5.95 Å². The van der Waals surface area contributed by atoms with Crippen molar-refractivity contribution in [3.8, 4) is 0 Å².